The number of hydrogen-bond donors (Lipinski definition) is 2. The zero-order valence-electron chi connectivity index (χ0n) is 14.2. The Morgan fingerprint density at radius 2 is 1.92 bits per heavy atom. The van der Waals surface area contributed by atoms with Gasteiger partial charge >= 0.3 is 5.69 Å². The molecular formula is C17H27N3O4. The molecule has 0 bridgehead atoms. The summed E-state index contributed by atoms with van der Waals surface area (Å²) in [6, 6.07) is 0. The minimum Gasteiger partial charge on any atom is -0.394 e. The number of anilines is 1. The predicted octanol–water partition coefficient (Wildman–Crippen LogP) is 0.963. The number of nitrogens with zero attached hydrogens (tertiary/aromatic N) is 3. The van der Waals surface area contributed by atoms with E-state index in [9.17, 15) is 15.0 Å². The Morgan fingerprint density at radius 3 is 2.54 bits per heavy atom. The average Bonchev–Trinajstić information content (AvgIpc) is 2.90. The Bertz CT molecular complexity index is 610. The van der Waals surface area contributed by atoms with Gasteiger partial charge in [0.05, 0.1) is 12.7 Å². The molecule has 0 unspecified atom stereocenters. The topological polar surface area (TPSA) is 87.8 Å². The van der Waals surface area contributed by atoms with E-state index in [0.29, 0.717) is 0 Å². The predicted molar refractivity (Wildman–Crippen MR) is 90.2 cm³/mol. The fourth-order valence-electron chi connectivity index (χ4n) is 3.59. The van der Waals surface area contributed by atoms with E-state index < -0.39 is 18.4 Å². The van der Waals surface area contributed by atoms with Crippen LogP contribution in [0.3, 0.4) is 0 Å². The van der Waals surface area contributed by atoms with Gasteiger partial charge in [-0.05, 0) is 19.8 Å². The molecule has 134 valence electrons. The van der Waals surface area contributed by atoms with E-state index in [4.69, 9.17) is 4.74 Å². The molecule has 2 fully saturated rings. The van der Waals surface area contributed by atoms with Crippen molar-refractivity contribution in [2.75, 3.05) is 24.6 Å². The summed E-state index contributed by atoms with van der Waals surface area (Å²) in [5.74, 6) is 0.760. The van der Waals surface area contributed by atoms with Crippen LogP contribution >= 0.6 is 0 Å². The first-order valence-electron chi connectivity index (χ1n) is 8.89. The van der Waals surface area contributed by atoms with Gasteiger partial charge in [-0.3, -0.25) is 4.57 Å². The van der Waals surface area contributed by atoms with Crippen molar-refractivity contribution in [1.82, 2.24) is 9.55 Å². The summed E-state index contributed by atoms with van der Waals surface area (Å²) >= 11 is 0. The van der Waals surface area contributed by atoms with Crippen molar-refractivity contribution < 1.29 is 14.9 Å². The Balaban J connectivity index is 1.82. The Morgan fingerprint density at radius 1 is 1.25 bits per heavy atom. The molecule has 3 atom stereocenters. The SMILES string of the molecule is Cc1cn([C@H]2C[C@H](O)[C@H](CO)O2)c(=O)nc1N1CCCCCCC1. The molecule has 2 saturated heterocycles. The normalized spacial score (nSPS) is 28.6. The zero-order valence-corrected chi connectivity index (χ0v) is 14.2. The minimum absolute atomic E-state index is 0.259. The number of aryl methyl sites for hydroxylation is 1. The van der Waals surface area contributed by atoms with Crippen LogP contribution in [0, 0.1) is 6.92 Å². The van der Waals surface area contributed by atoms with Crippen molar-refractivity contribution in [1.29, 1.82) is 0 Å². The monoisotopic (exact) mass is 337 g/mol. The molecule has 3 rings (SSSR count). The molecule has 1 aromatic heterocycles. The standard InChI is InChI=1S/C17H27N3O4/c1-12-10-20(15-9-13(22)14(11-21)24-15)17(23)18-16(12)19-7-5-3-2-4-6-8-19/h10,13-15,21-22H,2-9,11H2,1H3/t13-,14-,15+/m0/s1. The quantitative estimate of drug-likeness (QED) is 0.854. The van der Waals surface area contributed by atoms with E-state index in [1.54, 1.807) is 6.20 Å². The van der Waals surface area contributed by atoms with E-state index in [1.807, 2.05) is 6.92 Å². The third-order valence-corrected chi connectivity index (χ3v) is 4.96. The van der Waals surface area contributed by atoms with Gasteiger partial charge in [0.2, 0.25) is 0 Å². The number of hydrogen-bond acceptors (Lipinski definition) is 6. The van der Waals surface area contributed by atoms with Crippen LogP contribution in [0.25, 0.3) is 0 Å². The molecule has 7 nitrogen and oxygen atoms in total. The highest BCUT2D eigenvalue weighted by Crippen LogP contribution is 2.28. The van der Waals surface area contributed by atoms with Gasteiger partial charge in [0, 0.05) is 31.3 Å². The van der Waals surface area contributed by atoms with Gasteiger partial charge in [0.15, 0.2) is 0 Å². The van der Waals surface area contributed by atoms with Crippen LogP contribution in [0.1, 0.15) is 50.3 Å². The highest BCUT2D eigenvalue weighted by Gasteiger charge is 2.35. The fourth-order valence-corrected chi connectivity index (χ4v) is 3.59. The van der Waals surface area contributed by atoms with Gasteiger partial charge < -0.3 is 19.8 Å². The van der Waals surface area contributed by atoms with Gasteiger partial charge in [-0.1, -0.05) is 19.3 Å². The highest BCUT2D eigenvalue weighted by molar-refractivity contribution is 5.44. The van der Waals surface area contributed by atoms with Crippen LogP contribution in [-0.4, -0.2) is 51.7 Å². The lowest BCUT2D eigenvalue weighted by atomic mass is 10.1. The number of aromatic nitrogens is 2. The first-order chi connectivity index (χ1) is 11.6. The fraction of sp³-hybridized carbons (Fsp3) is 0.765. The van der Waals surface area contributed by atoms with E-state index in [-0.39, 0.29) is 18.7 Å². The van der Waals surface area contributed by atoms with Crippen LogP contribution in [-0.2, 0) is 4.74 Å². The molecule has 0 aromatic carbocycles. The highest BCUT2D eigenvalue weighted by atomic mass is 16.5. The van der Waals surface area contributed by atoms with Crippen molar-refractivity contribution in [2.24, 2.45) is 0 Å². The second-order valence-corrected chi connectivity index (χ2v) is 6.81. The molecule has 2 aliphatic rings. The van der Waals surface area contributed by atoms with Crippen LogP contribution < -0.4 is 10.6 Å². The molecule has 0 spiro atoms. The Labute approximate surface area is 141 Å². The molecule has 1 aromatic rings. The third-order valence-electron chi connectivity index (χ3n) is 4.96. The van der Waals surface area contributed by atoms with Gasteiger partial charge in [-0.2, -0.15) is 4.98 Å². The van der Waals surface area contributed by atoms with Crippen molar-refractivity contribution in [2.45, 2.75) is 63.9 Å². The molecule has 3 heterocycles. The first-order valence-corrected chi connectivity index (χ1v) is 8.89. The summed E-state index contributed by atoms with van der Waals surface area (Å²) in [5.41, 5.74) is 0.564. The molecule has 2 aliphatic heterocycles. The van der Waals surface area contributed by atoms with Crippen molar-refractivity contribution in [3.63, 3.8) is 0 Å². The summed E-state index contributed by atoms with van der Waals surface area (Å²) in [6.07, 6.45) is 6.06. The van der Waals surface area contributed by atoms with Crippen molar-refractivity contribution in [3.05, 3.63) is 22.2 Å². The molecule has 0 amide bonds. The van der Waals surface area contributed by atoms with Crippen molar-refractivity contribution >= 4 is 5.82 Å². The van der Waals surface area contributed by atoms with Gasteiger partial charge in [-0.15, -0.1) is 0 Å². The molecule has 7 heteroatoms. The lowest BCUT2D eigenvalue weighted by molar-refractivity contribution is -0.0459. The van der Waals surface area contributed by atoms with E-state index in [1.165, 1.54) is 23.8 Å². The maximum absolute atomic E-state index is 12.5. The first kappa shape index (κ1) is 17.4. The molecule has 24 heavy (non-hydrogen) atoms. The molecule has 2 N–H and O–H groups in total. The average molecular weight is 337 g/mol. The largest absolute Gasteiger partial charge is 0.394 e. The lowest BCUT2D eigenvalue weighted by Gasteiger charge is -2.27. The second-order valence-electron chi connectivity index (χ2n) is 6.81. The third kappa shape index (κ3) is 3.63. The Kier molecular flexibility index (Phi) is 5.53. The minimum atomic E-state index is -0.763. The van der Waals surface area contributed by atoms with Gasteiger partial charge in [0.25, 0.3) is 0 Å². The van der Waals surface area contributed by atoms with Crippen LogP contribution in [0.5, 0.6) is 0 Å². The second kappa shape index (κ2) is 7.63. The van der Waals surface area contributed by atoms with Gasteiger partial charge in [-0.25, -0.2) is 4.79 Å². The molecule has 0 radical (unpaired) electrons. The number of aliphatic hydroxyl groups excluding tert-OH is 2. The lowest BCUT2D eigenvalue weighted by Crippen LogP contribution is -2.34. The van der Waals surface area contributed by atoms with Crippen molar-refractivity contribution in [3.8, 4) is 0 Å². The summed E-state index contributed by atoms with van der Waals surface area (Å²) < 4.78 is 7.01. The summed E-state index contributed by atoms with van der Waals surface area (Å²) in [6.45, 7) is 3.56. The van der Waals surface area contributed by atoms with Crippen LogP contribution in [0.4, 0.5) is 5.82 Å². The number of rotatable bonds is 3. The number of ether oxygens (including phenoxy) is 1. The summed E-state index contributed by atoms with van der Waals surface area (Å²) in [7, 11) is 0. The maximum atomic E-state index is 12.5. The number of aliphatic hydroxyl groups is 2. The maximum Gasteiger partial charge on any atom is 0.351 e. The molecule has 0 aliphatic carbocycles. The molecular weight excluding hydrogens is 310 g/mol. The van der Waals surface area contributed by atoms with Crippen LogP contribution in [0.15, 0.2) is 11.0 Å². The Hall–Kier alpha value is -1.44. The van der Waals surface area contributed by atoms with E-state index >= 15 is 0 Å². The van der Waals surface area contributed by atoms with E-state index in [2.05, 4.69) is 9.88 Å². The summed E-state index contributed by atoms with van der Waals surface area (Å²) in [4.78, 5) is 19.0. The van der Waals surface area contributed by atoms with E-state index in [0.717, 1.165) is 37.3 Å². The smallest absolute Gasteiger partial charge is 0.351 e. The van der Waals surface area contributed by atoms with Gasteiger partial charge in [0.1, 0.15) is 18.1 Å². The molecule has 0 saturated carbocycles. The van der Waals surface area contributed by atoms with Crippen LogP contribution in [0.2, 0.25) is 0 Å². The zero-order chi connectivity index (χ0) is 17.1. The summed E-state index contributed by atoms with van der Waals surface area (Å²) in [5, 5.41) is 19.1.